The molecule has 0 aliphatic heterocycles. The van der Waals surface area contributed by atoms with Gasteiger partial charge in [-0.3, -0.25) is 4.79 Å². The third-order valence-electron chi connectivity index (χ3n) is 3.66. The standard InChI is InChI=1S/C18H20N4O4S/c1-22-17(15-8-5-10-25-15)20-21-18(22)27-12-16(23)19-9-11-26-14-7-4-3-6-13(14)24-2/h3-8,10H,9,11-12H2,1-2H3,(H,19,23). The normalized spacial score (nSPS) is 10.6. The number of ether oxygens (including phenoxy) is 2. The summed E-state index contributed by atoms with van der Waals surface area (Å²) >= 11 is 1.31. The van der Waals surface area contributed by atoms with E-state index in [2.05, 4.69) is 15.5 Å². The maximum Gasteiger partial charge on any atom is 0.230 e. The number of thioether (sulfide) groups is 1. The number of rotatable bonds is 9. The van der Waals surface area contributed by atoms with Gasteiger partial charge in [0.1, 0.15) is 6.61 Å². The molecule has 0 atom stereocenters. The summed E-state index contributed by atoms with van der Waals surface area (Å²) in [4.78, 5) is 12.0. The molecule has 27 heavy (non-hydrogen) atoms. The van der Waals surface area contributed by atoms with Crippen LogP contribution in [0, 0.1) is 0 Å². The van der Waals surface area contributed by atoms with E-state index in [1.54, 1.807) is 24.0 Å². The predicted molar refractivity (Wildman–Crippen MR) is 101 cm³/mol. The van der Waals surface area contributed by atoms with Crippen molar-refractivity contribution in [1.82, 2.24) is 20.1 Å². The number of aromatic nitrogens is 3. The largest absolute Gasteiger partial charge is 0.493 e. The van der Waals surface area contributed by atoms with E-state index in [0.29, 0.717) is 41.4 Å². The Morgan fingerprint density at radius 3 is 2.78 bits per heavy atom. The van der Waals surface area contributed by atoms with Gasteiger partial charge in [0.2, 0.25) is 5.91 Å². The van der Waals surface area contributed by atoms with Crippen molar-refractivity contribution in [1.29, 1.82) is 0 Å². The molecule has 9 heteroatoms. The molecule has 3 rings (SSSR count). The summed E-state index contributed by atoms with van der Waals surface area (Å²) in [5, 5.41) is 11.6. The van der Waals surface area contributed by atoms with Gasteiger partial charge in [0, 0.05) is 7.05 Å². The molecule has 0 aliphatic rings. The van der Waals surface area contributed by atoms with Gasteiger partial charge in [-0.15, -0.1) is 10.2 Å². The van der Waals surface area contributed by atoms with E-state index in [1.807, 2.05) is 37.4 Å². The van der Waals surface area contributed by atoms with Crippen molar-refractivity contribution >= 4 is 17.7 Å². The monoisotopic (exact) mass is 388 g/mol. The lowest BCUT2D eigenvalue weighted by molar-refractivity contribution is -0.118. The van der Waals surface area contributed by atoms with Crippen LogP contribution in [-0.2, 0) is 11.8 Å². The second-order valence-electron chi connectivity index (χ2n) is 5.48. The van der Waals surface area contributed by atoms with Crippen molar-refractivity contribution in [3.63, 3.8) is 0 Å². The zero-order chi connectivity index (χ0) is 19.1. The third kappa shape index (κ3) is 4.82. The molecule has 0 fully saturated rings. The average molecular weight is 388 g/mol. The Bertz CT molecular complexity index is 879. The number of hydrogen-bond acceptors (Lipinski definition) is 7. The van der Waals surface area contributed by atoms with Crippen molar-refractivity contribution in [3.8, 4) is 23.1 Å². The van der Waals surface area contributed by atoms with Crippen LogP contribution in [-0.4, -0.2) is 46.7 Å². The van der Waals surface area contributed by atoms with Gasteiger partial charge >= 0.3 is 0 Å². The van der Waals surface area contributed by atoms with Gasteiger partial charge in [0.15, 0.2) is 28.2 Å². The van der Waals surface area contributed by atoms with Crippen LogP contribution in [0.25, 0.3) is 11.6 Å². The van der Waals surface area contributed by atoms with Gasteiger partial charge in [-0.1, -0.05) is 23.9 Å². The first kappa shape index (κ1) is 18.8. The zero-order valence-corrected chi connectivity index (χ0v) is 15.9. The number of para-hydroxylation sites is 2. The van der Waals surface area contributed by atoms with Crippen molar-refractivity contribution in [2.75, 3.05) is 26.0 Å². The van der Waals surface area contributed by atoms with E-state index < -0.39 is 0 Å². The smallest absolute Gasteiger partial charge is 0.230 e. The molecule has 0 saturated heterocycles. The molecule has 0 aliphatic carbocycles. The number of benzene rings is 1. The number of hydrogen-bond donors (Lipinski definition) is 1. The number of carbonyl (C=O) groups excluding carboxylic acids is 1. The molecular formula is C18H20N4O4S. The van der Waals surface area contributed by atoms with E-state index in [-0.39, 0.29) is 11.7 Å². The molecule has 0 radical (unpaired) electrons. The molecule has 0 saturated carbocycles. The van der Waals surface area contributed by atoms with Crippen LogP contribution in [0.1, 0.15) is 0 Å². The molecule has 1 N–H and O–H groups in total. The fourth-order valence-electron chi connectivity index (χ4n) is 2.33. The van der Waals surface area contributed by atoms with Crippen LogP contribution in [0.2, 0.25) is 0 Å². The Hall–Kier alpha value is -2.94. The molecule has 2 heterocycles. The van der Waals surface area contributed by atoms with Crippen LogP contribution < -0.4 is 14.8 Å². The highest BCUT2D eigenvalue weighted by Crippen LogP contribution is 2.25. The van der Waals surface area contributed by atoms with Gasteiger partial charge in [0.05, 0.1) is 25.7 Å². The number of methoxy groups -OCH3 is 1. The van der Waals surface area contributed by atoms with Crippen molar-refractivity contribution in [3.05, 3.63) is 42.7 Å². The first-order chi connectivity index (χ1) is 13.2. The molecule has 1 amide bonds. The summed E-state index contributed by atoms with van der Waals surface area (Å²) in [5.74, 6) is 2.69. The first-order valence-electron chi connectivity index (χ1n) is 8.27. The quantitative estimate of drug-likeness (QED) is 0.444. The molecule has 2 aromatic heterocycles. The Balaban J connectivity index is 1.41. The van der Waals surface area contributed by atoms with Crippen LogP contribution in [0.15, 0.2) is 52.2 Å². The molecule has 0 spiro atoms. The van der Waals surface area contributed by atoms with Gasteiger partial charge in [-0.25, -0.2) is 0 Å². The summed E-state index contributed by atoms with van der Waals surface area (Å²) in [7, 11) is 3.42. The van der Waals surface area contributed by atoms with Crippen LogP contribution in [0.4, 0.5) is 0 Å². The molecule has 8 nitrogen and oxygen atoms in total. The Labute approximate surface area is 160 Å². The summed E-state index contributed by atoms with van der Waals surface area (Å²) in [6, 6.07) is 11.0. The summed E-state index contributed by atoms with van der Waals surface area (Å²) in [5.41, 5.74) is 0. The number of carbonyl (C=O) groups is 1. The molecular weight excluding hydrogens is 368 g/mol. The van der Waals surface area contributed by atoms with Gasteiger partial charge in [-0.05, 0) is 24.3 Å². The van der Waals surface area contributed by atoms with Gasteiger partial charge in [0.25, 0.3) is 0 Å². The van der Waals surface area contributed by atoms with Gasteiger partial charge < -0.3 is 23.8 Å². The van der Waals surface area contributed by atoms with E-state index in [1.165, 1.54) is 11.8 Å². The van der Waals surface area contributed by atoms with Crippen LogP contribution >= 0.6 is 11.8 Å². The Morgan fingerprint density at radius 2 is 2.04 bits per heavy atom. The minimum atomic E-state index is -0.105. The fraction of sp³-hybridized carbons (Fsp3) is 0.278. The van der Waals surface area contributed by atoms with E-state index in [9.17, 15) is 4.79 Å². The van der Waals surface area contributed by atoms with Gasteiger partial charge in [-0.2, -0.15) is 0 Å². The van der Waals surface area contributed by atoms with Crippen LogP contribution in [0.5, 0.6) is 11.5 Å². The highest BCUT2D eigenvalue weighted by atomic mass is 32.2. The third-order valence-corrected chi connectivity index (χ3v) is 4.68. The van der Waals surface area contributed by atoms with Crippen molar-refractivity contribution < 1.29 is 18.7 Å². The minimum Gasteiger partial charge on any atom is -0.493 e. The topological polar surface area (TPSA) is 91.4 Å². The molecule has 1 aromatic carbocycles. The number of amides is 1. The van der Waals surface area contributed by atoms with Crippen molar-refractivity contribution in [2.24, 2.45) is 7.05 Å². The molecule has 142 valence electrons. The Morgan fingerprint density at radius 1 is 1.22 bits per heavy atom. The maximum absolute atomic E-state index is 12.0. The lowest BCUT2D eigenvalue weighted by Crippen LogP contribution is -2.29. The predicted octanol–water partition coefficient (Wildman–Crippen LogP) is 2.37. The number of nitrogens with zero attached hydrogens (tertiary/aromatic N) is 3. The summed E-state index contributed by atoms with van der Waals surface area (Å²) in [6.45, 7) is 0.747. The van der Waals surface area contributed by atoms with E-state index >= 15 is 0 Å². The first-order valence-corrected chi connectivity index (χ1v) is 9.26. The van der Waals surface area contributed by atoms with Crippen LogP contribution in [0.3, 0.4) is 0 Å². The number of nitrogens with one attached hydrogen (secondary N) is 1. The Kier molecular flexibility index (Phi) is 6.37. The highest BCUT2D eigenvalue weighted by molar-refractivity contribution is 7.99. The fourth-order valence-corrected chi connectivity index (χ4v) is 3.07. The molecule has 0 bridgehead atoms. The molecule has 0 unspecified atom stereocenters. The zero-order valence-electron chi connectivity index (χ0n) is 15.0. The second kappa shape index (κ2) is 9.13. The lowest BCUT2D eigenvalue weighted by Gasteiger charge is -2.10. The second-order valence-corrected chi connectivity index (χ2v) is 6.42. The van der Waals surface area contributed by atoms with Crippen molar-refractivity contribution in [2.45, 2.75) is 5.16 Å². The lowest BCUT2D eigenvalue weighted by atomic mass is 10.3. The average Bonchev–Trinajstić information content (AvgIpc) is 3.33. The SMILES string of the molecule is COc1ccccc1OCCNC(=O)CSc1nnc(-c2ccco2)n1C. The van der Waals surface area contributed by atoms with E-state index in [4.69, 9.17) is 13.9 Å². The summed E-state index contributed by atoms with van der Waals surface area (Å²) in [6.07, 6.45) is 1.58. The minimum absolute atomic E-state index is 0.105. The highest BCUT2D eigenvalue weighted by Gasteiger charge is 2.14. The maximum atomic E-state index is 12.0. The summed E-state index contributed by atoms with van der Waals surface area (Å²) < 4.78 is 18.0. The van der Waals surface area contributed by atoms with E-state index in [0.717, 1.165) is 0 Å². The number of furan rings is 1. The molecule has 3 aromatic rings.